The van der Waals surface area contributed by atoms with Crippen LogP contribution in [0.1, 0.15) is 39.2 Å². The Morgan fingerprint density at radius 1 is 1.36 bits per heavy atom. The molecule has 1 rings (SSSR count). The zero-order valence-corrected chi connectivity index (χ0v) is 13.4. The number of hydrogen-bond donors (Lipinski definition) is 2. The standard InChI is InChI=1S/C17H22N2O3/c1-5-6-15(20)19-14-8-7-13(18)11-12(14)9-10-17(2,3)16(21)22-4/h7-8,11H,5-6,18H2,1-4H3,(H,19,20). The minimum Gasteiger partial charge on any atom is -0.468 e. The van der Waals surface area contributed by atoms with E-state index >= 15 is 0 Å². The van der Waals surface area contributed by atoms with Crippen LogP contribution >= 0.6 is 0 Å². The molecule has 0 aliphatic heterocycles. The van der Waals surface area contributed by atoms with Gasteiger partial charge in [0.15, 0.2) is 0 Å². The molecule has 5 heteroatoms. The molecule has 0 fully saturated rings. The van der Waals surface area contributed by atoms with Gasteiger partial charge in [0.05, 0.1) is 18.4 Å². The largest absolute Gasteiger partial charge is 0.468 e. The third-order valence-electron chi connectivity index (χ3n) is 3.00. The smallest absolute Gasteiger partial charge is 0.323 e. The minimum atomic E-state index is -0.940. The molecule has 22 heavy (non-hydrogen) atoms. The van der Waals surface area contributed by atoms with Crippen molar-refractivity contribution in [3.63, 3.8) is 0 Å². The van der Waals surface area contributed by atoms with Gasteiger partial charge in [0, 0.05) is 12.1 Å². The van der Waals surface area contributed by atoms with Crippen molar-refractivity contribution < 1.29 is 14.3 Å². The number of nitrogens with one attached hydrogen (secondary N) is 1. The van der Waals surface area contributed by atoms with Gasteiger partial charge in [-0.25, -0.2) is 0 Å². The molecule has 0 spiro atoms. The molecule has 1 aromatic rings. The number of anilines is 2. The van der Waals surface area contributed by atoms with Crippen molar-refractivity contribution in [2.45, 2.75) is 33.6 Å². The molecule has 0 saturated heterocycles. The number of nitrogen functional groups attached to an aromatic ring is 1. The minimum absolute atomic E-state index is 0.0810. The SMILES string of the molecule is CCCC(=O)Nc1ccc(N)cc1C#CC(C)(C)C(=O)OC. The molecule has 0 aliphatic rings. The lowest BCUT2D eigenvalue weighted by Crippen LogP contribution is -2.23. The third kappa shape index (κ3) is 4.81. The molecule has 118 valence electrons. The number of nitrogens with two attached hydrogens (primary N) is 1. The van der Waals surface area contributed by atoms with E-state index in [1.165, 1.54) is 7.11 Å². The van der Waals surface area contributed by atoms with Crippen molar-refractivity contribution in [3.05, 3.63) is 23.8 Å². The fourth-order valence-electron chi connectivity index (χ4n) is 1.74. The molecule has 1 amide bonds. The van der Waals surface area contributed by atoms with Gasteiger partial charge in [-0.1, -0.05) is 18.8 Å². The van der Waals surface area contributed by atoms with Gasteiger partial charge in [-0.15, -0.1) is 0 Å². The first kappa shape index (κ1) is 17.6. The van der Waals surface area contributed by atoms with Crippen LogP contribution in [0.2, 0.25) is 0 Å². The molecule has 0 aliphatic carbocycles. The second kappa shape index (κ2) is 7.51. The average molecular weight is 302 g/mol. The number of ether oxygens (including phenoxy) is 1. The summed E-state index contributed by atoms with van der Waals surface area (Å²) in [5.74, 6) is 5.28. The molecule has 1 aromatic carbocycles. The highest BCUT2D eigenvalue weighted by molar-refractivity contribution is 5.92. The topological polar surface area (TPSA) is 81.4 Å². The van der Waals surface area contributed by atoms with Crippen molar-refractivity contribution in [2.75, 3.05) is 18.2 Å². The fraction of sp³-hybridized carbons (Fsp3) is 0.412. The van der Waals surface area contributed by atoms with Gasteiger partial charge < -0.3 is 15.8 Å². The van der Waals surface area contributed by atoms with Crippen LogP contribution in [-0.2, 0) is 14.3 Å². The Hall–Kier alpha value is -2.48. The second-order valence-electron chi connectivity index (χ2n) is 5.47. The number of carbonyl (C=O) groups is 2. The molecule has 0 radical (unpaired) electrons. The van der Waals surface area contributed by atoms with E-state index in [4.69, 9.17) is 10.5 Å². The van der Waals surface area contributed by atoms with Crippen LogP contribution in [0.4, 0.5) is 11.4 Å². The van der Waals surface area contributed by atoms with E-state index in [0.717, 1.165) is 6.42 Å². The maximum Gasteiger partial charge on any atom is 0.323 e. The van der Waals surface area contributed by atoms with Crippen molar-refractivity contribution in [2.24, 2.45) is 5.41 Å². The Bertz CT molecular complexity index is 625. The lowest BCUT2D eigenvalue weighted by molar-refractivity contribution is -0.147. The highest BCUT2D eigenvalue weighted by Crippen LogP contribution is 2.20. The lowest BCUT2D eigenvalue weighted by atomic mass is 9.94. The highest BCUT2D eigenvalue weighted by Gasteiger charge is 2.26. The zero-order chi connectivity index (χ0) is 16.8. The van der Waals surface area contributed by atoms with Gasteiger partial charge >= 0.3 is 5.97 Å². The van der Waals surface area contributed by atoms with Crippen molar-refractivity contribution in [1.29, 1.82) is 0 Å². The summed E-state index contributed by atoms with van der Waals surface area (Å²) in [6, 6.07) is 5.07. The van der Waals surface area contributed by atoms with Crippen LogP contribution in [0, 0.1) is 17.3 Å². The summed E-state index contributed by atoms with van der Waals surface area (Å²) in [4.78, 5) is 23.4. The first-order valence-electron chi connectivity index (χ1n) is 7.11. The summed E-state index contributed by atoms with van der Waals surface area (Å²) < 4.78 is 4.72. The van der Waals surface area contributed by atoms with Gasteiger partial charge in [-0.2, -0.15) is 0 Å². The first-order valence-corrected chi connectivity index (χ1v) is 7.11. The number of hydrogen-bond acceptors (Lipinski definition) is 4. The Kier molecular flexibility index (Phi) is 6.00. The summed E-state index contributed by atoms with van der Waals surface area (Å²) >= 11 is 0. The molecular weight excluding hydrogens is 280 g/mol. The Morgan fingerprint density at radius 2 is 2.05 bits per heavy atom. The normalized spacial score (nSPS) is 10.4. The van der Waals surface area contributed by atoms with Crippen molar-refractivity contribution in [1.82, 2.24) is 0 Å². The van der Waals surface area contributed by atoms with E-state index < -0.39 is 11.4 Å². The number of esters is 1. The van der Waals surface area contributed by atoms with Gasteiger partial charge in [0.2, 0.25) is 5.91 Å². The number of amides is 1. The molecule has 5 nitrogen and oxygen atoms in total. The van der Waals surface area contributed by atoms with Gasteiger partial charge in [-0.3, -0.25) is 9.59 Å². The molecule has 0 bridgehead atoms. The number of rotatable bonds is 4. The van der Waals surface area contributed by atoms with Gasteiger partial charge in [0.25, 0.3) is 0 Å². The summed E-state index contributed by atoms with van der Waals surface area (Å²) in [5, 5.41) is 2.80. The van der Waals surface area contributed by atoms with E-state index in [1.807, 2.05) is 6.92 Å². The van der Waals surface area contributed by atoms with E-state index in [-0.39, 0.29) is 5.91 Å². The molecule has 0 atom stereocenters. The Labute approximate surface area is 131 Å². The number of benzene rings is 1. The van der Waals surface area contributed by atoms with E-state index in [2.05, 4.69) is 17.2 Å². The van der Waals surface area contributed by atoms with Crippen LogP contribution in [0.3, 0.4) is 0 Å². The Balaban J connectivity index is 3.11. The molecule has 0 aromatic heterocycles. The first-order chi connectivity index (χ1) is 10.3. The maximum absolute atomic E-state index is 11.7. The summed E-state index contributed by atoms with van der Waals surface area (Å²) in [7, 11) is 1.32. The van der Waals surface area contributed by atoms with E-state index in [1.54, 1.807) is 32.0 Å². The molecule has 0 unspecified atom stereocenters. The van der Waals surface area contributed by atoms with E-state index in [9.17, 15) is 9.59 Å². The summed E-state index contributed by atoms with van der Waals surface area (Å²) in [6.07, 6.45) is 1.20. The van der Waals surface area contributed by atoms with Crippen LogP contribution in [0.5, 0.6) is 0 Å². The van der Waals surface area contributed by atoms with Crippen LogP contribution < -0.4 is 11.1 Å². The highest BCUT2D eigenvalue weighted by atomic mass is 16.5. The number of carbonyl (C=O) groups excluding carboxylic acids is 2. The van der Waals surface area contributed by atoms with E-state index in [0.29, 0.717) is 23.4 Å². The number of methoxy groups -OCH3 is 1. The molecule has 3 N–H and O–H groups in total. The fourth-order valence-corrected chi connectivity index (χ4v) is 1.74. The molecule has 0 saturated carbocycles. The third-order valence-corrected chi connectivity index (χ3v) is 3.00. The summed E-state index contributed by atoms with van der Waals surface area (Å²) in [5.41, 5.74) is 6.52. The Morgan fingerprint density at radius 3 is 2.64 bits per heavy atom. The average Bonchev–Trinajstić information content (AvgIpc) is 2.46. The lowest BCUT2D eigenvalue weighted by Gasteiger charge is -2.14. The summed E-state index contributed by atoms with van der Waals surface area (Å²) in [6.45, 7) is 5.28. The van der Waals surface area contributed by atoms with Crippen LogP contribution in [0.15, 0.2) is 18.2 Å². The predicted octanol–water partition coefficient (Wildman–Crippen LogP) is 2.56. The van der Waals surface area contributed by atoms with Gasteiger partial charge in [0.1, 0.15) is 5.41 Å². The quantitative estimate of drug-likeness (QED) is 0.509. The van der Waals surface area contributed by atoms with Crippen molar-refractivity contribution >= 4 is 23.3 Å². The maximum atomic E-state index is 11.7. The zero-order valence-electron chi connectivity index (χ0n) is 13.4. The molecular formula is C17H22N2O3. The van der Waals surface area contributed by atoms with Gasteiger partial charge in [-0.05, 0) is 38.5 Å². The van der Waals surface area contributed by atoms with Crippen molar-refractivity contribution in [3.8, 4) is 11.8 Å². The predicted molar refractivity (Wildman–Crippen MR) is 87.1 cm³/mol. The monoisotopic (exact) mass is 302 g/mol. The van der Waals surface area contributed by atoms with Crippen LogP contribution in [0.25, 0.3) is 0 Å². The molecule has 0 heterocycles. The van der Waals surface area contributed by atoms with Crippen LogP contribution in [-0.4, -0.2) is 19.0 Å². The second-order valence-corrected chi connectivity index (χ2v) is 5.47.